The molecule has 1 rings (SSSR count). The summed E-state index contributed by atoms with van der Waals surface area (Å²) >= 11 is 4.19. The van der Waals surface area contributed by atoms with Crippen LogP contribution in [0.3, 0.4) is 0 Å². The maximum Gasteiger partial charge on any atom is 0.150 e. The minimum atomic E-state index is -0.403. The second-order valence-electron chi connectivity index (χ2n) is 3.57. The van der Waals surface area contributed by atoms with Gasteiger partial charge in [0.15, 0.2) is 0 Å². The van der Waals surface area contributed by atoms with Crippen LogP contribution in [-0.4, -0.2) is 44.4 Å². The molecule has 0 aliphatic rings. The fourth-order valence-electron chi connectivity index (χ4n) is 1.27. The van der Waals surface area contributed by atoms with E-state index in [1.807, 2.05) is 0 Å². The van der Waals surface area contributed by atoms with E-state index in [4.69, 9.17) is 14.2 Å². The smallest absolute Gasteiger partial charge is 0.150 e. The van der Waals surface area contributed by atoms with Crippen molar-refractivity contribution in [2.24, 2.45) is 0 Å². The van der Waals surface area contributed by atoms with E-state index in [1.165, 1.54) is 0 Å². The highest BCUT2D eigenvalue weighted by atomic mass is 32.1. The van der Waals surface area contributed by atoms with Crippen molar-refractivity contribution in [3.8, 4) is 5.75 Å². The highest BCUT2D eigenvalue weighted by molar-refractivity contribution is 7.80. The van der Waals surface area contributed by atoms with Gasteiger partial charge in [0, 0.05) is 5.56 Å². The van der Waals surface area contributed by atoms with E-state index < -0.39 is 5.44 Å². The van der Waals surface area contributed by atoms with Crippen LogP contribution in [-0.2, 0) is 14.3 Å². The summed E-state index contributed by atoms with van der Waals surface area (Å²) in [7, 11) is 0. The zero-order valence-electron chi connectivity index (χ0n) is 10.4. The normalized spacial score (nSPS) is 11.8. The third kappa shape index (κ3) is 6.95. The largest absolute Gasteiger partial charge is 0.490 e. The van der Waals surface area contributed by atoms with Crippen LogP contribution in [0.15, 0.2) is 24.3 Å². The molecule has 0 aromatic heterocycles. The lowest BCUT2D eigenvalue weighted by molar-refractivity contribution is -0.112. The molecule has 1 aromatic rings. The van der Waals surface area contributed by atoms with Gasteiger partial charge in [-0.05, 0) is 12.1 Å². The fourth-order valence-corrected chi connectivity index (χ4v) is 1.45. The summed E-state index contributed by atoms with van der Waals surface area (Å²) in [6, 6.07) is 6.82. The van der Waals surface area contributed by atoms with Crippen molar-refractivity contribution in [2.75, 3.05) is 26.4 Å². The maximum absolute atomic E-state index is 10.6. The Bertz CT molecular complexity index is 396. The Labute approximate surface area is 117 Å². The Balaban J connectivity index is 2.20. The molecule has 1 unspecified atom stereocenters. The summed E-state index contributed by atoms with van der Waals surface area (Å²) in [6.45, 7) is 0.977. The molecule has 6 heteroatoms. The van der Waals surface area contributed by atoms with Gasteiger partial charge in [-0.1, -0.05) is 12.1 Å². The van der Waals surface area contributed by atoms with Gasteiger partial charge in [0.1, 0.15) is 37.0 Å². The fraction of sp³-hybridized carbons (Fsp3) is 0.385. The Kier molecular flexibility index (Phi) is 7.88. The van der Waals surface area contributed by atoms with Crippen LogP contribution in [0.4, 0.5) is 0 Å². The zero-order chi connectivity index (χ0) is 13.9. The summed E-state index contributed by atoms with van der Waals surface area (Å²) in [5.74, 6) is 0.587. The van der Waals surface area contributed by atoms with Gasteiger partial charge in [-0.15, -0.1) is 12.6 Å². The van der Waals surface area contributed by atoms with Gasteiger partial charge in [0.25, 0.3) is 0 Å². The second kappa shape index (κ2) is 9.55. The van der Waals surface area contributed by atoms with Crippen LogP contribution in [0.1, 0.15) is 10.4 Å². The van der Waals surface area contributed by atoms with E-state index in [0.717, 1.165) is 6.29 Å². The molecule has 0 fully saturated rings. The van der Waals surface area contributed by atoms with Crippen molar-refractivity contribution in [1.29, 1.82) is 0 Å². The van der Waals surface area contributed by atoms with Crippen LogP contribution in [0, 0.1) is 0 Å². The molecule has 0 heterocycles. The summed E-state index contributed by atoms with van der Waals surface area (Å²) in [5, 5.41) is 0. The lowest BCUT2D eigenvalue weighted by Crippen LogP contribution is -2.18. The van der Waals surface area contributed by atoms with Gasteiger partial charge in [-0.3, -0.25) is 4.79 Å². The molecular weight excluding hydrogens is 268 g/mol. The van der Waals surface area contributed by atoms with Gasteiger partial charge < -0.3 is 19.0 Å². The molecule has 0 radical (unpaired) electrons. The first-order valence-electron chi connectivity index (χ1n) is 5.75. The minimum absolute atomic E-state index is 0.0651. The molecular formula is C13H16O5S. The van der Waals surface area contributed by atoms with Crippen LogP contribution in [0.2, 0.25) is 0 Å². The molecule has 0 bridgehead atoms. The summed E-state index contributed by atoms with van der Waals surface area (Å²) < 4.78 is 15.6. The highest BCUT2D eigenvalue weighted by Gasteiger charge is 2.04. The Morgan fingerprint density at radius 2 is 2.11 bits per heavy atom. The minimum Gasteiger partial charge on any atom is -0.490 e. The second-order valence-corrected chi connectivity index (χ2v) is 4.14. The van der Waals surface area contributed by atoms with Crippen molar-refractivity contribution in [1.82, 2.24) is 0 Å². The highest BCUT2D eigenvalue weighted by Crippen LogP contribution is 2.13. The van der Waals surface area contributed by atoms with Crippen molar-refractivity contribution in [2.45, 2.75) is 5.44 Å². The molecule has 19 heavy (non-hydrogen) atoms. The van der Waals surface area contributed by atoms with E-state index in [0.29, 0.717) is 30.8 Å². The number of thiol groups is 1. The molecule has 0 spiro atoms. The van der Waals surface area contributed by atoms with Gasteiger partial charge in [-0.2, -0.15) is 0 Å². The number of rotatable bonds is 10. The molecule has 0 saturated heterocycles. The molecule has 0 amide bonds. The lowest BCUT2D eigenvalue weighted by Gasteiger charge is -2.13. The SMILES string of the molecule is O=CCOCCOC(S)COc1cccc(C=O)c1. The number of carbonyl (C=O) groups excluding carboxylic acids is 2. The summed E-state index contributed by atoms with van der Waals surface area (Å²) in [4.78, 5) is 20.6. The predicted molar refractivity (Wildman–Crippen MR) is 72.9 cm³/mol. The average molecular weight is 284 g/mol. The van der Waals surface area contributed by atoms with Crippen LogP contribution in [0.25, 0.3) is 0 Å². The third-order valence-corrected chi connectivity index (χ3v) is 2.41. The van der Waals surface area contributed by atoms with E-state index in [9.17, 15) is 9.59 Å². The van der Waals surface area contributed by atoms with Crippen molar-refractivity contribution >= 4 is 25.2 Å². The standard InChI is InChI=1S/C13H16O5S/c14-4-5-16-6-7-17-13(19)10-18-12-3-1-2-11(8-12)9-15/h1-4,8-9,13,19H,5-7,10H2. The summed E-state index contributed by atoms with van der Waals surface area (Å²) in [5.41, 5.74) is 0.149. The molecule has 0 N–H and O–H groups in total. The number of aldehydes is 2. The topological polar surface area (TPSA) is 61.8 Å². The van der Waals surface area contributed by atoms with Gasteiger partial charge in [-0.25, -0.2) is 0 Å². The Morgan fingerprint density at radius 3 is 2.84 bits per heavy atom. The molecule has 0 saturated carbocycles. The van der Waals surface area contributed by atoms with Crippen molar-refractivity contribution < 1.29 is 23.8 Å². The van der Waals surface area contributed by atoms with E-state index >= 15 is 0 Å². The molecule has 0 aliphatic carbocycles. The molecule has 104 valence electrons. The number of ether oxygens (including phenoxy) is 3. The first kappa shape index (κ1) is 15.7. The molecule has 0 aliphatic heterocycles. The van der Waals surface area contributed by atoms with Crippen molar-refractivity contribution in [3.05, 3.63) is 29.8 Å². The zero-order valence-corrected chi connectivity index (χ0v) is 11.3. The van der Waals surface area contributed by atoms with Gasteiger partial charge in [0.2, 0.25) is 0 Å². The first-order valence-corrected chi connectivity index (χ1v) is 6.27. The molecule has 1 aromatic carbocycles. The monoisotopic (exact) mass is 284 g/mol. The van der Waals surface area contributed by atoms with Crippen LogP contribution >= 0.6 is 12.6 Å². The Morgan fingerprint density at radius 1 is 1.26 bits per heavy atom. The first-order chi connectivity index (χ1) is 9.26. The summed E-state index contributed by atoms with van der Waals surface area (Å²) in [6.07, 6.45) is 1.44. The lowest BCUT2D eigenvalue weighted by atomic mass is 10.2. The van der Waals surface area contributed by atoms with E-state index in [1.54, 1.807) is 24.3 Å². The maximum atomic E-state index is 10.6. The van der Waals surface area contributed by atoms with E-state index in [2.05, 4.69) is 12.6 Å². The number of carbonyl (C=O) groups is 2. The van der Waals surface area contributed by atoms with Crippen molar-refractivity contribution in [3.63, 3.8) is 0 Å². The van der Waals surface area contributed by atoms with Gasteiger partial charge >= 0.3 is 0 Å². The van der Waals surface area contributed by atoms with Crippen LogP contribution < -0.4 is 4.74 Å². The van der Waals surface area contributed by atoms with Crippen LogP contribution in [0.5, 0.6) is 5.75 Å². The van der Waals surface area contributed by atoms with Gasteiger partial charge in [0.05, 0.1) is 13.2 Å². The number of benzene rings is 1. The predicted octanol–water partition coefficient (Wildman–Crippen LogP) is 1.37. The molecule has 5 nitrogen and oxygen atoms in total. The third-order valence-electron chi connectivity index (χ3n) is 2.11. The van der Waals surface area contributed by atoms with E-state index in [-0.39, 0.29) is 13.2 Å². The number of hydrogen-bond donors (Lipinski definition) is 1. The number of hydrogen-bond acceptors (Lipinski definition) is 6. The average Bonchev–Trinajstić information content (AvgIpc) is 2.45. The molecule has 1 atom stereocenters. The Hall–Kier alpha value is -1.37. The quantitative estimate of drug-likeness (QED) is 0.304.